The molecule has 2 N–H and O–H groups in total. The van der Waals surface area contributed by atoms with Gasteiger partial charge in [0.05, 0.1) is 12.5 Å². The van der Waals surface area contributed by atoms with Crippen molar-refractivity contribution in [1.29, 1.82) is 5.26 Å². The summed E-state index contributed by atoms with van der Waals surface area (Å²) in [6.07, 6.45) is 0.479. The quantitative estimate of drug-likeness (QED) is 0.789. The molecule has 0 fully saturated rings. The first-order valence-corrected chi connectivity index (χ1v) is 5.03. The summed E-state index contributed by atoms with van der Waals surface area (Å²) in [5, 5.41) is 21.4. The Balaban J connectivity index is 2.58. The highest BCUT2D eigenvalue weighted by Gasteiger charge is 2.05. The van der Waals surface area contributed by atoms with E-state index >= 15 is 0 Å². The van der Waals surface area contributed by atoms with E-state index < -0.39 is 0 Å². The molecule has 1 unspecified atom stereocenters. The van der Waals surface area contributed by atoms with Gasteiger partial charge in [0.25, 0.3) is 0 Å². The van der Waals surface area contributed by atoms with E-state index in [1.807, 2.05) is 32.0 Å². The van der Waals surface area contributed by atoms with Crippen molar-refractivity contribution >= 4 is 0 Å². The molecule has 0 amide bonds. The molecule has 0 spiro atoms. The van der Waals surface area contributed by atoms with Crippen LogP contribution in [0.25, 0.3) is 0 Å². The Hall–Kier alpha value is -1.53. The lowest BCUT2D eigenvalue weighted by Gasteiger charge is -2.12. The Morgan fingerprint density at radius 1 is 1.53 bits per heavy atom. The lowest BCUT2D eigenvalue weighted by atomic mass is 10.1. The molecule has 0 aliphatic heterocycles. The van der Waals surface area contributed by atoms with Gasteiger partial charge in [0, 0.05) is 18.2 Å². The van der Waals surface area contributed by atoms with Gasteiger partial charge in [0.1, 0.15) is 5.75 Å². The molecule has 1 atom stereocenters. The molecule has 0 saturated heterocycles. The zero-order valence-electron chi connectivity index (χ0n) is 9.12. The summed E-state index contributed by atoms with van der Waals surface area (Å²) in [6.45, 7) is 4.42. The average molecular weight is 204 g/mol. The fourth-order valence-corrected chi connectivity index (χ4v) is 1.36. The number of rotatable bonds is 4. The molecular weight excluding hydrogens is 188 g/mol. The van der Waals surface area contributed by atoms with Gasteiger partial charge in [-0.25, -0.2) is 0 Å². The average Bonchev–Trinajstić information content (AvgIpc) is 2.21. The van der Waals surface area contributed by atoms with Crippen LogP contribution in [0.1, 0.15) is 24.5 Å². The lowest BCUT2D eigenvalue weighted by molar-refractivity contribution is 0.455. The molecule has 80 valence electrons. The van der Waals surface area contributed by atoms with E-state index in [2.05, 4.69) is 11.4 Å². The first-order chi connectivity index (χ1) is 7.15. The van der Waals surface area contributed by atoms with E-state index in [0.29, 0.717) is 18.7 Å². The molecule has 0 radical (unpaired) electrons. The first-order valence-electron chi connectivity index (χ1n) is 5.03. The second-order valence-electron chi connectivity index (χ2n) is 3.73. The fraction of sp³-hybridized carbons (Fsp3) is 0.417. The SMILES string of the molecule is Cc1cccc(CNC(C)CC#N)c1O. The monoisotopic (exact) mass is 204 g/mol. The van der Waals surface area contributed by atoms with E-state index in [1.54, 1.807) is 0 Å². The number of hydrogen-bond acceptors (Lipinski definition) is 3. The fourth-order valence-electron chi connectivity index (χ4n) is 1.36. The number of phenols is 1. The van der Waals surface area contributed by atoms with Gasteiger partial charge < -0.3 is 10.4 Å². The zero-order valence-corrected chi connectivity index (χ0v) is 9.12. The van der Waals surface area contributed by atoms with Crippen LogP contribution in [0.4, 0.5) is 0 Å². The molecule has 1 aromatic carbocycles. The third-order valence-corrected chi connectivity index (χ3v) is 2.36. The van der Waals surface area contributed by atoms with Gasteiger partial charge in [0.15, 0.2) is 0 Å². The lowest BCUT2D eigenvalue weighted by Crippen LogP contribution is -2.24. The molecule has 1 rings (SSSR count). The third-order valence-electron chi connectivity index (χ3n) is 2.36. The normalized spacial score (nSPS) is 12.1. The number of benzene rings is 1. The number of nitrogens with zero attached hydrogens (tertiary/aromatic N) is 1. The molecular formula is C12H16N2O. The predicted molar refractivity (Wildman–Crippen MR) is 59.4 cm³/mol. The molecule has 0 bridgehead atoms. The van der Waals surface area contributed by atoms with Crippen LogP contribution in [0.15, 0.2) is 18.2 Å². The van der Waals surface area contributed by atoms with Crippen molar-refractivity contribution < 1.29 is 5.11 Å². The van der Waals surface area contributed by atoms with Crippen LogP contribution in [0.2, 0.25) is 0 Å². The summed E-state index contributed by atoms with van der Waals surface area (Å²) in [5.74, 6) is 0.342. The van der Waals surface area contributed by atoms with E-state index in [9.17, 15) is 5.11 Å². The highest BCUT2D eigenvalue weighted by molar-refractivity contribution is 5.39. The van der Waals surface area contributed by atoms with Crippen molar-refractivity contribution in [2.24, 2.45) is 0 Å². The summed E-state index contributed by atoms with van der Waals surface area (Å²) < 4.78 is 0. The van der Waals surface area contributed by atoms with E-state index in [0.717, 1.165) is 11.1 Å². The van der Waals surface area contributed by atoms with Crippen LogP contribution < -0.4 is 5.32 Å². The summed E-state index contributed by atoms with van der Waals surface area (Å²) in [7, 11) is 0. The Kier molecular flexibility index (Phi) is 4.14. The van der Waals surface area contributed by atoms with Gasteiger partial charge in [0.2, 0.25) is 0 Å². The van der Waals surface area contributed by atoms with Crippen LogP contribution in [0.3, 0.4) is 0 Å². The van der Waals surface area contributed by atoms with E-state index in [-0.39, 0.29) is 6.04 Å². The zero-order chi connectivity index (χ0) is 11.3. The van der Waals surface area contributed by atoms with Crippen molar-refractivity contribution in [2.45, 2.75) is 32.9 Å². The molecule has 0 aliphatic carbocycles. The Morgan fingerprint density at radius 3 is 2.93 bits per heavy atom. The van der Waals surface area contributed by atoms with Gasteiger partial charge in [-0.15, -0.1) is 0 Å². The van der Waals surface area contributed by atoms with E-state index in [4.69, 9.17) is 5.26 Å². The summed E-state index contributed by atoms with van der Waals surface area (Å²) in [4.78, 5) is 0. The van der Waals surface area contributed by atoms with Crippen molar-refractivity contribution in [3.05, 3.63) is 29.3 Å². The number of phenolic OH excluding ortho intramolecular Hbond substituents is 1. The third kappa shape index (κ3) is 3.26. The topological polar surface area (TPSA) is 56.0 Å². The van der Waals surface area contributed by atoms with E-state index in [1.165, 1.54) is 0 Å². The maximum absolute atomic E-state index is 9.74. The highest BCUT2D eigenvalue weighted by Crippen LogP contribution is 2.21. The van der Waals surface area contributed by atoms with Crippen molar-refractivity contribution in [2.75, 3.05) is 0 Å². The number of nitriles is 1. The van der Waals surface area contributed by atoms with Crippen LogP contribution in [0, 0.1) is 18.3 Å². The summed E-state index contributed by atoms with van der Waals surface area (Å²) in [6, 6.07) is 7.93. The molecule has 0 aliphatic rings. The standard InChI is InChI=1S/C12H16N2O/c1-9-4-3-5-11(12(9)15)8-14-10(2)6-7-13/h3-5,10,14-15H,6,8H2,1-2H3. The maximum atomic E-state index is 9.74. The number of aromatic hydroxyl groups is 1. The van der Waals surface area contributed by atoms with Gasteiger partial charge in [-0.05, 0) is 19.4 Å². The minimum Gasteiger partial charge on any atom is -0.507 e. The van der Waals surface area contributed by atoms with Crippen LogP contribution in [-0.4, -0.2) is 11.1 Å². The molecule has 0 heterocycles. The van der Waals surface area contributed by atoms with Gasteiger partial charge in [-0.2, -0.15) is 5.26 Å². The number of aryl methyl sites for hydroxylation is 1. The molecule has 1 aromatic rings. The second-order valence-corrected chi connectivity index (χ2v) is 3.73. The summed E-state index contributed by atoms with van der Waals surface area (Å²) >= 11 is 0. The number of nitrogens with one attached hydrogen (secondary N) is 1. The highest BCUT2D eigenvalue weighted by atomic mass is 16.3. The smallest absolute Gasteiger partial charge is 0.122 e. The first kappa shape index (κ1) is 11.5. The minimum atomic E-state index is 0.148. The van der Waals surface area contributed by atoms with Crippen molar-refractivity contribution in [3.8, 4) is 11.8 Å². The van der Waals surface area contributed by atoms with Crippen LogP contribution in [0.5, 0.6) is 5.75 Å². The molecule has 15 heavy (non-hydrogen) atoms. The van der Waals surface area contributed by atoms with Crippen LogP contribution in [-0.2, 0) is 6.54 Å². The van der Waals surface area contributed by atoms with Gasteiger partial charge >= 0.3 is 0 Å². The summed E-state index contributed by atoms with van der Waals surface area (Å²) in [5.41, 5.74) is 1.75. The molecule has 3 heteroatoms. The van der Waals surface area contributed by atoms with Gasteiger partial charge in [-0.3, -0.25) is 0 Å². The van der Waals surface area contributed by atoms with Gasteiger partial charge in [-0.1, -0.05) is 18.2 Å². The Morgan fingerprint density at radius 2 is 2.27 bits per heavy atom. The van der Waals surface area contributed by atoms with Crippen LogP contribution >= 0.6 is 0 Å². The van der Waals surface area contributed by atoms with Crippen molar-refractivity contribution in [1.82, 2.24) is 5.32 Å². The number of para-hydroxylation sites is 1. The largest absolute Gasteiger partial charge is 0.507 e. The Bertz CT molecular complexity index is 368. The number of hydrogen-bond donors (Lipinski definition) is 2. The molecule has 3 nitrogen and oxygen atoms in total. The predicted octanol–water partition coefficient (Wildman–Crippen LogP) is 2.09. The second kappa shape index (κ2) is 5.38. The van der Waals surface area contributed by atoms with Crippen molar-refractivity contribution in [3.63, 3.8) is 0 Å². The minimum absolute atomic E-state index is 0.148. The molecule has 0 saturated carbocycles. The Labute approximate surface area is 90.4 Å². The molecule has 0 aromatic heterocycles. The maximum Gasteiger partial charge on any atom is 0.122 e.